The number of guanidine groups is 1. The Balaban J connectivity index is 0.00000220. The highest BCUT2D eigenvalue weighted by molar-refractivity contribution is 14.1. The molecule has 0 amide bonds. The summed E-state index contributed by atoms with van der Waals surface area (Å²) < 4.78 is 24.1. The molecule has 1 aromatic rings. The van der Waals surface area contributed by atoms with Gasteiger partial charge in [-0.1, -0.05) is 0 Å². The Labute approximate surface area is 160 Å². The summed E-state index contributed by atoms with van der Waals surface area (Å²) in [5, 5.41) is 6.40. The summed E-state index contributed by atoms with van der Waals surface area (Å²) in [4.78, 5) is 5.47. The lowest BCUT2D eigenvalue weighted by Crippen LogP contribution is -2.44. The third kappa shape index (κ3) is 6.57. The van der Waals surface area contributed by atoms with Gasteiger partial charge in [0, 0.05) is 24.5 Å². The molecule has 1 fully saturated rings. The van der Waals surface area contributed by atoms with Crippen molar-refractivity contribution < 1.29 is 8.42 Å². The van der Waals surface area contributed by atoms with Gasteiger partial charge in [-0.25, -0.2) is 8.42 Å². The van der Waals surface area contributed by atoms with Gasteiger partial charge in [0.15, 0.2) is 15.8 Å². The molecule has 0 spiro atoms. The summed E-state index contributed by atoms with van der Waals surface area (Å²) in [5.74, 6) is 1.16. The Morgan fingerprint density at radius 2 is 2.29 bits per heavy atom. The van der Waals surface area contributed by atoms with E-state index in [9.17, 15) is 8.42 Å². The lowest BCUT2D eigenvalue weighted by molar-refractivity contribution is 0.599. The summed E-state index contributed by atoms with van der Waals surface area (Å²) in [6.45, 7) is 0.787. The van der Waals surface area contributed by atoms with Crippen LogP contribution in [0.15, 0.2) is 17.1 Å². The highest BCUT2D eigenvalue weighted by atomic mass is 127. The van der Waals surface area contributed by atoms with Gasteiger partial charge >= 0.3 is 0 Å². The van der Waals surface area contributed by atoms with E-state index in [1.54, 1.807) is 18.4 Å². The van der Waals surface area contributed by atoms with E-state index >= 15 is 0 Å². The largest absolute Gasteiger partial charge is 0.356 e. The highest BCUT2D eigenvalue weighted by Gasteiger charge is 2.28. The van der Waals surface area contributed by atoms with E-state index < -0.39 is 9.84 Å². The van der Waals surface area contributed by atoms with Crippen LogP contribution in [0, 0.1) is 2.88 Å². The van der Waals surface area contributed by atoms with E-state index in [0.29, 0.717) is 12.4 Å². The van der Waals surface area contributed by atoms with Crippen molar-refractivity contribution in [3.8, 4) is 0 Å². The fourth-order valence-electron chi connectivity index (χ4n) is 2.09. The third-order valence-electron chi connectivity index (χ3n) is 3.09. The molecule has 0 saturated carbocycles. The van der Waals surface area contributed by atoms with Crippen LogP contribution in [0.3, 0.4) is 0 Å². The molecule has 1 unspecified atom stereocenters. The van der Waals surface area contributed by atoms with Crippen LogP contribution < -0.4 is 10.6 Å². The van der Waals surface area contributed by atoms with Gasteiger partial charge in [-0.15, -0.1) is 35.3 Å². The smallest absolute Gasteiger partial charge is 0.191 e. The molecule has 1 aromatic heterocycles. The molecular weight excluding hydrogens is 536 g/mol. The Kier molecular flexibility index (Phi) is 8.20. The van der Waals surface area contributed by atoms with Gasteiger partial charge in [-0.3, -0.25) is 4.99 Å². The van der Waals surface area contributed by atoms with Gasteiger partial charge in [0.1, 0.15) is 0 Å². The Morgan fingerprint density at radius 3 is 2.81 bits per heavy atom. The average molecular weight is 555 g/mol. The normalized spacial score (nSPS) is 20.9. The van der Waals surface area contributed by atoms with Crippen molar-refractivity contribution in [1.29, 1.82) is 0 Å². The maximum absolute atomic E-state index is 11.4. The second kappa shape index (κ2) is 8.87. The van der Waals surface area contributed by atoms with Gasteiger partial charge in [0.2, 0.25) is 0 Å². The number of rotatable bonds is 4. The zero-order valence-electron chi connectivity index (χ0n) is 11.6. The summed E-state index contributed by atoms with van der Waals surface area (Å²) >= 11 is 4.10. The van der Waals surface area contributed by atoms with E-state index in [2.05, 4.69) is 50.3 Å². The lowest BCUT2D eigenvalue weighted by Gasteiger charge is -2.15. The zero-order chi connectivity index (χ0) is 14.6. The topological polar surface area (TPSA) is 70.6 Å². The molecule has 1 saturated heterocycles. The second-order valence-corrected chi connectivity index (χ2v) is 9.99. The van der Waals surface area contributed by atoms with Crippen LogP contribution in [-0.4, -0.2) is 45.5 Å². The van der Waals surface area contributed by atoms with Crippen molar-refractivity contribution in [2.45, 2.75) is 18.9 Å². The summed E-state index contributed by atoms with van der Waals surface area (Å²) in [7, 11) is -1.15. The SMILES string of the molecule is CN=C(NCCc1ccc(I)s1)NC1CCS(=O)(=O)C1.I. The molecule has 2 rings (SSSR count). The number of aliphatic imine (C=N–C) groups is 1. The molecule has 0 aromatic carbocycles. The first kappa shape index (κ1) is 19.4. The fraction of sp³-hybridized carbons (Fsp3) is 0.583. The lowest BCUT2D eigenvalue weighted by atomic mass is 10.3. The van der Waals surface area contributed by atoms with Gasteiger partial charge in [-0.05, 0) is 47.6 Å². The van der Waals surface area contributed by atoms with Crippen LogP contribution in [0.25, 0.3) is 0 Å². The molecule has 0 radical (unpaired) electrons. The van der Waals surface area contributed by atoms with E-state index in [-0.39, 0.29) is 41.5 Å². The van der Waals surface area contributed by atoms with Gasteiger partial charge < -0.3 is 10.6 Å². The predicted molar refractivity (Wildman–Crippen MR) is 108 cm³/mol. The second-order valence-electron chi connectivity index (χ2n) is 4.70. The summed E-state index contributed by atoms with van der Waals surface area (Å²) in [6, 6.07) is 4.22. The van der Waals surface area contributed by atoms with Crippen molar-refractivity contribution in [3.63, 3.8) is 0 Å². The molecule has 1 aliphatic heterocycles. The average Bonchev–Trinajstić information content (AvgIpc) is 2.94. The molecule has 0 aliphatic carbocycles. The van der Waals surface area contributed by atoms with Gasteiger partial charge in [-0.2, -0.15) is 0 Å². The van der Waals surface area contributed by atoms with Crippen LogP contribution in [0.2, 0.25) is 0 Å². The van der Waals surface area contributed by atoms with E-state index in [0.717, 1.165) is 13.0 Å². The Morgan fingerprint density at radius 1 is 1.52 bits per heavy atom. The third-order valence-corrected chi connectivity index (χ3v) is 6.81. The monoisotopic (exact) mass is 555 g/mol. The molecule has 2 heterocycles. The standard InChI is InChI=1S/C12H18IN3O2S2.HI/c1-14-12(16-9-5-7-20(17,18)8-9)15-6-4-10-2-3-11(13)19-10;/h2-3,9H,4-8H2,1H3,(H2,14,15,16);1H. The fourth-order valence-corrected chi connectivity index (χ4v) is 5.52. The van der Waals surface area contributed by atoms with Crippen LogP contribution >= 0.6 is 57.9 Å². The maximum Gasteiger partial charge on any atom is 0.191 e. The summed E-state index contributed by atoms with van der Waals surface area (Å²) in [5.41, 5.74) is 0. The zero-order valence-corrected chi connectivity index (χ0v) is 17.8. The molecule has 1 aliphatic rings. The minimum Gasteiger partial charge on any atom is -0.356 e. The molecule has 0 bridgehead atoms. The minimum atomic E-state index is -2.85. The predicted octanol–water partition coefficient (Wildman–Crippen LogP) is 1.87. The van der Waals surface area contributed by atoms with Gasteiger partial charge in [0.05, 0.1) is 14.4 Å². The number of halogens is 2. The van der Waals surface area contributed by atoms with Crippen LogP contribution in [0.1, 0.15) is 11.3 Å². The number of nitrogens with zero attached hydrogens (tertiary/aromatic N) is 1. The van der Waals surface area contributed by atoms with E-state index in [1.807, 2.05) is 0 Å². The number of hydrogen-bond donors (Lipinski definition) is 2. The van der Waals surface area contributed by atoms with Crippen molar-refractivity contribution >= 4 is 73.7 Å². The minimum absolute atomic E-state index is 0. The molecular formula is C12H19I2N3O2S2. The van der Waals surface area contributed by atoms with Crippen molar-refractivity contribution in [3.05, 3.63) is 19.9 Å². The van der Waals surface area contributed by atoms with Crippen molar-refractivity contribution in [1.82, 2.24) is 10.6 Å². The molecule has 1 atom stereocenters. The first-order chi connectivity index (χ1) is 9.48. The number of hydrogen-bond acceptors (Lipinski definition) is 4. The Hall–Kier alpha value is 0.380. The first-order valence-electron chi connectivity index (χ1n) is 6.40. The molecule has 2 N–H and O–H groups in total. The number of sulfone groups is 1. The summed E-state index contributed by atoms with van der Waals surface area (Å²) in [6.07, 6.45) is 1.60. The molecule has 120 valence electrons. The quantitative estimate of drug-likeness (QED) is 0.339. The van der Waals surface area contributed by atoms with E-state index in [4.69, 9.17) is 0 Å². The Bertz CT molecular complexity index is 587. The van der Waals surface area contributed by atoms with Gasteiger partial charge in [0.25, 0.3) is 0 Å². The van der Waals surface area contributed by atoms with Crippen LogP contribution in [0.5, 0.6) is 0 Å². The van der Waals surface area contributed by atoms with Crippen molar-refractivity contribution in [2.75, 3.05) is 25.1 Å². The van der Waals surface area contributed by atoms with Crippen molar-refractivity contribution in [2.24, 2.45) is 4.99 Å². The highest BCUT2D eigenvalue weighted by Crippen LogP contribution is 2.18. The number of thiophene rings is 1. The van der Waals surface area contributed by atoms with Crippen LogP contribution in [0.4, 0.5) is 0 Å². The molecule has 9 heteroatoms. The van der Waals surface area contributed by atoms with Crippen LogP contribution in [-0.2, 0) is 16.3 Å². The van der Waals surface area contributed by atoms with E-state index in [1.165, 1.54) is 7.76 Å². The first-order valence-corrected chi connectivity index (χ1v) is 10.1. The molecule has 21 heavy (non-hydrogen) atoms. The molecule has 5 nitrogen and oxygen atoms in total. The maximum atomic E-state index is 11.4. The number of nitrogens with one attached hydrogen (secondary N) is 2.